The number of rotatable bonds is 4. The van der Waals surface area contributed by atoms with Crippen LogP contribution in [0.1, 0.15) is 23.3 Å². The van der Waals surface area contributed by atoms with E-state index in [4.69, 9.17) is 10.8 Å². The average molecular weight is 434 g/mol. The minimum atomic E-state index is -0.278. The van der Waals surface area contributed by atoms with Crippen molar-refractivity contribution in [3.63, 3.8) is 0 Å². The monoisotopic (exact) mass is 433 g/mol. The molecule has 1 aromatic carbocycles. The topological polar surface area (TPSA) is 86.2 Å². The molecule has 1 saturated heterocycles. The maximum absolute atomic E-state index is 13.4. The molecule has 1 aliphatic rings. The maximum Gasteiger partial charge on any atom is 0.270 e. The van der Waals surface area contributed by atoms with Gasteiger partial charge in [0.2, 0.25) is 5.91 Å². The Morgan fingerprint density at radius 2 is 1.84 bits per heavy atom. The first kappa shape index (κ1) is 19.6. The molecule has 1 fully saturated rings. The summed E-state index contributed by atoms with van der Waals surface area (Å²) in [6.07, 6.45) is 1.23. The zero-order valence-corrected chi connectivity index (χ0v) is 18.0. The third-order valence-corrected chi connectivity index (χ3v) is 6.89. The number of amides is 2. The third-order valence-electron chi connectivity index (χ3n) is 6.02. The highest BCUT2D eigenvalue weighted by Crippen LogP contribution is 2.34. The van der Waals surface area contributed by atoms with Crippen LogP contribution in [0.25, 0.3) is 27.3 Å². The molecule has 1 aliphatic heterocycles. The fourth-order valence-corrected chi connectivity index (χ4v) is 5.03. The number of aromatic nitrogens is 3. The molecule has 2 amide bonds. The van der Waals surface area contributed by atoms with E-state index >= 15 is 0 Å². The lowest BCUT2D eigenvalue weighted by Gasteiger charge is -2.30. The quantitative estimate of drug-likeness (QED) is 0.535. The number of carbonyl (C=O) groups is 2. The van der Waals surface area contributed by atoms with Gasteiger partial charge in [-0.1, -0.05) is 24.3 Å². The molecule has 3 aromatic heterocycles. The Bertz CT molecular complexity index is 1250. The molecule has 0 radical (unpaired) electrons. The second-order valence-electron chi connectivity index (χ2n) is 7.87. The van der Waals surface area contributed by atoms with Gasteiger partial charge in [-0.2, -0.15) is 5.10 Å². The minimum Gasteiger partial charge on any atom is -0.369 e. The van der Waals surface area contributed by atoms with Crippen molar-refractivity contribution in [1.82, 2.24) is 19.2 Å². The van der Waals surface area contributed by atoms with E-state index < -0.39 is 0 Å². The van der Waals surface area contributed by atoms with Gasteiger partial charge < -0.3 is 15.2 Å². The summed E-state index contributed by atoms with van der Waals surface area (Å²) in [5, 5.41) is 7.87. The lowest BCUT2D eigenvalue weighted by molar-refractivity contribution is -0.123. The first-order chi connectivity index (χ1) is 15.0. The summed E-state index contributed by atoms with van der Waals surface area (Å²) in [5.74, 6) is -0.452. The predicted octanol–water partition coefficient (Wildman–Crippen LogP) is 3.43. The molecular weight excluding hydrogens is 410 g/mol. The molecule has 0 unspecified atom stereocenters. The number of para-hydroxylation sites is 1. The fourth-order valence-electron chi connectivity index (χ4n) is 4.30. The van der Waals surface area contributed by atoms with Crippen molar-refractivity contribution in [2.75, 3.05) is 13.1 Å². The Morgan fingerprint density at radius 3 is 2.48 bits per heavy atom. The van der Waals surface area contributed by atoms with Gasteiger partial charge in [-0.25, -0.2) is 4.68 Å². The number of primary amides is 1. The van der Waals surface area contributed by atoms with E-state index in [0.29, 0.717) is 31.6 Å². The summed E-state index contributed by atoms with van der Waals surface area (Å²) in [7, 11) is 1.91. The lowest BCUT2D eigenvalue weighted by Crippen LogP contribution is -2.42. The van der Waals surface area contributed by atoms with Crippen LogP contribution in [0.4, 0.5) is 0 Å². The molecule has 4 heterocycles. The van der Waals surface area contributed by atoms with Crippen LogP contribution in [0.3, 0.4) is 0 Å². The highest BCUT2D eigenvalue weighted by molar-refractivity contribution is 7.13. The summed E-state index contributed by atoms with van der Waals surface area (Å²) in [5.41, 5.74) is 8.75. The van der Waals surface area contributed by atoms with Crippen molar-refractivity contribution in [1.29, 1.82) is 0 Å². The van der Waals surface area contributed by atoms with Gasteiger partial charge in [0.15, 0.2) is 0 Å². The van der Waals surface area contributed by atoms with Gasteiger partial charge in [-0.15, -0.1) is 11.3 Å². The summed E-state index contributed by atoms with van der Waals surface area (Å²) in [6, 6.07) is 15.9. The van der Waals surface area contributed by atoms with E-state index in [2.05, 4.69) is 0 Å². The standard InChI is InChI=1S/C23H23N5O2S/c1-26-18(23(30)27-11-9-15(10-12-27)21(24)29)14-17-20(19-8-5-13-31-19)25-28(22(17)26)16-6-3-2-4-7-16/h2-8,13-15H,9-12H2,1H3,(H2,24,29). The van der Waals surface area contributed by atoms with Crippen LogP contribution in [0, 0.1) is 5.92 Å². The Morgan fingerprint density at radius 1 is 1.10 bits per heavy atom. The smallest absolute Gasteiger partial charge is 0.270 e. The molecule has 0 aliphatic carbocycles. The van der Waals surface area contributed by atoms with Crippen LogP contribution < -0.4 is 5.73 Å². The van der Waals surface area contributed by atoms with Crippen LogP contribution in [0.5, 0.6) is 0 Å². The summed E-state index contributed by atoms with van der Waals surface area (Å²) in [4.78, 5) is 27.7. The Labute approximate surface area is 183 Å². The number of benzene rings is 1. The molecule has 0 bridgehead atoms. The number of nitrogens with zero attached hydrogens (tertiary/aromatic N) is 4. The van der Waals surface area contributed by atoms with Crippen molar-refractivity contribution < 1.29 is 9.59 Å². The Hall–Kier alpha value is -3.39. The van der Waals surface area contributed by atoms with Crippen LogP contribution in [0.15, 0.2) is 53.9 Å². The van der Waals surface area contributed by atoms with Crippen molar-refractivity contribution >= 4 is 34.2 Å². The number of hydrogen-bond donors (Lipinski definition) is 1. The number of aryl methyl sites for hydroxylation is 1. The Balaban J connectivity index is 1.59. The van der Waals surface area contributed by atoms with Crippen LogP contribution in [0.2, 0.25) is 0 Å². The van der Waals surface area contributed by atoms with E-state index in [1.165, 1.54) is 0 Å². The van der Waals surface area contributed by atoms with Gasteiger partial charge in [0.25, 0.3) is 5.91 Å². The second kappa shape index (κ2) is 7.70. The van der Waals surface area contributed by atoms with E-state index in [1.807, 2.05) is 75.1 Å². The molecule has 5 rings (SSSR count). The van der Waals surface area contributed by atoms with Crippen molar-refractivity contribution in [3.8, 4) is 16.3 Å². The number of hydrogen-bond acceptors (Lipinski definition) is 4. The first-order valence-corrected chi connectivity index (χ1v) is 11.2. The number of piperidine rings is 1. The number of fused-ring (bicyclic) bond motifs is 1. The molecule has 158 valence electrons. The fraction of sp³-hybridized carbons (Fsp3) is 0.261. The number of carbonyl (C=O) groups excluding carboxylic acids is 2. The summed E-state index contributed by atoms with van der Waals surface area (Å²) < 4.78 is 3.83. The third kappa shape index (κ3) is 3.33. The molecule has 0 saturated carbocycles. The van der Waals surface area contributed by atoms with E-state index in [1.54, 1.807) is 11.3 Å². The maximum atomic E-state index is 13.4. The molecule has 31 heavy (non-hydrogen) atoms. The molecule has 7 nitrogen and oxygen atoms in total. The van der Waals surface area contributed by atoms with E-state index in [-0.39, 0.29) is 17.7 Å². The lowest BCUT2D eigenvalue weighted by atomic mass is 9.96. The molecule has 0 atom stereocenters. The van der Waals surface area contributed by atoms with Crippen molar-refractivity contribution in [2.45, 2.75) is 12.8 Å². The second-order valence-corrected chi connectivity index (χ2v) is 8.82. The van der Waals surface area contributed by atoms with Crippen molar-refractivity contribution in [3.05, 3.63) is 59.6 Å². The summed E-state index contributed by atoms with van der Waals surface area (Å²) >= 11 is 1.63. The van der Waals surface area contributed by atoms with Gasteiger partial charge in [-0.05, 0) is 42.5 Å². The molecule has 0 spiro atoms. The largest absolute Gasteiger partial charge is 0.369 e. The summed E-state index contributed by atoms with van der Waals surface area (Å²) in [6.45, 7) is 1.08. The normalized spacial score (nSPS) is 14.9. The molecule has 8 heteroatoms. The van der Waals surface area contributed by atoms with E-state index in [9.17, 15) is 9.59 Å². The first-order valence-electron chi connectivity index (χ1n) is 10.3. The minimum absolute atomic E-state index is 0.0293. The van der Waals surface area contributed by atoms with Gasteiger partial charge in [0.05, 0.1) is 10.6 Å². The highest BCUT2D eigenvalue weighted by atomic mass is 32.1. The van der Waals surface area contributed by atoms with Gasteiger partial charge in [-0.3, -0.25) is 9.59 Å². The van der Waals surface area contributed by atoms with E-state index in [0.717, 1.165) is 27.3 Å². The predicted molar refractivity (Wildman–Crippen MR) is 121 cm³/mol. The molecular formula is C23H23N5O2S. The van der Waals surface area contributed by atoms with Crippen LogP contribution in [-0.2, 0) is 11.8 Å². The van der Waals surface area contributed by atoms with Crippen LogP contribution in [-0.4, -0.2) is 44.2 Å². The van der Waals surface area contributed by atoms with Gasteiger partial charge in [0, 0.05) is 31.4 Å². The van der Waals surface area contributed by atoms with Gasteiger partial charge >= 0.3 is 0 Å². The zero-order chi connectivity index (χ0) is 21.5. The number of likely N-dealkylation sites (tertiary alicyclic amines) is 1. The molecule has 2 N–H and O–H groups in total. The number of thiophene rings is 1. The molecule has 4 aromatic rings. The average Bonchev–Trinajstić information content (AvgIpc) is 3.51. The van der Waals surface area contributed by atoms with Crippen molar-refractivity contribution in [2.24, 2.45) is 18.7 Å². The van der Waals surface area contributed by atoms with Gasteiger partial charge in [0.1, 0.15) is 17.0 Å². The zero-order valence-electron chi connectivity index (χ0n) is 17.2. The number of nitrogens with two attached hydrogens (primary N) is 1. The Kier molecular flexibility index (Phi) is 4.86. The van der Waals surface area contributed by atoms with Crippen LogP contribution >= 0.6 is 11.3 Å². The SMILES string of the molecule is Cn1c(C(=O)N2CCC(C(N)=O)CC2)cc2c(-c3cccs3)nn(-c3ccccc3)c21. The highest BCUT2D eigenvalue weighted by Gasteiger charge is 2.29.